The third-order valence-electron chi connectivity index (χ3n) is 5.37. The second-order valence-corrected chi connectivity index (χ2v) is 9.97. The quantitative estimate of drug-likeness (QED) is 0.744. The van der Waals surface area contributed by atoms with Crippen molar-refractivity contribution in [3.05, 3.63) is 29.8 Å². The van der Waals surface area contributed by atoms with Crippen LogP contribution in [-0.2, 0) is 25.3 Å². The maximum Gasteiger partial charge on any atom is 0.494 e. The summed E-state index contributed by atoms with van der Waals surface area (Å²) in [5, 5.41) is 2.69. The Morgan fingerprint density at radius 3 is 2.00 bits per heavy atom. The molecule has 1 aromatic rings. The Bertz CT molecular complexity index is 753. The first-order valence-corrected chi connectivity index (χ1v) is 10.3. The maximum absolute atomic E-state index is 12.6. The maximum atomic E-state index is 12.6. The van der Waals surface area contributed by atoms with Gasteiger partial charge in [-0.1, -0.05) is 24.3 Å². The van der Waals surface area contributed by atoms with Crippen LogP contribution in [0.5, 0.6) is 0 Å². The summed E-state index contributed by atoms with van der Waals surface area (Å²) in [6.45, 7) is 13.4. The number of carbonyl (C=O) groups is 2. The largest absolute Gasteiger partial charge is 0.494 e. The lowest BCUT2D eigenvalue weighted by Gasteiger charge is -2.32. The van der Waals surface area contributed by atoms with E-state index in [1.54, 1.807) is 34.9 Å². The van der Waals surface area contributed by atoms with Crippen LogP contribution in [0.1, 0.15) is 54.0 Å². The van der Waals surface area contributed by atoms with Gasteiger partial charge in [-0.05, 0) is 59.5 Å². The van der Waals surface area contributed by atoms with E-state index in [0.717, 1.165) is 11.0 Å². The van der Waals surface area contributed by atoms with Gasteiger partial charge >= 0.3 is 13.2 Å². The van der Waals surface area contributed by atoms with Gasteiger partial charge in [0, 0.05) is 20.5 Å². The highest BCUT2D eigenvalue weighted by Gasteiger charge is 2.51. The molecule has 1 N–H and O–H groups in total. The Labute approximate surface area is 180 Å². The molecule has 0 saturated carbocycles. The van der Waals surface area contributed by atoms with Gasteiger partial charge in [0.1, 0.15) is 11.6 Å². The molecule has 1 aliphatic heterocycles. The first-order valence-electron chi connectivity index (χ1n) is 10.3. The molecule has 0 aliphatic carbocycles. The topological polar surface area (TPSA) is 77.1 Å². The molecule has 0 unspecified atom stereocenters. The van der Waals surface area contributed by atoms with E-state index in [9.17, 15) is 9.59 Å². The van der Waals surface area contributed by atoms with Gasteiger partial charge in [-0.25, -0.2) is 4.79 Å². The minimum absolute atomic E-state index is 0.198. The van der Waals surface area contributed by atoms with Crippen molar-refractivity contribution in [1.82, 2.24) is 10.2 Å². The highest BCUT2D eigenvalue weighted by atomic mass is 16.7. The molecule has 30 heavy (non-hydrogen) atoms. The Morgan fingerprint density at radius 1 is 1.07 bits per heavy atom. The van der Waals surface area contributed by atoms with Crippen molar-refractivity contribution in [3.8, 4) is 0 Å². The third-order valence-corrected chi connectivity index (χ3v) is 5.37. The first kappa shape index (κ1) is 24.2. The summed E-state index contributed by atoms with van der Waals surface area (Å²) in [6, 6.07) is 6.99. The predicted octanol–water partition coefficient (Wildman–Crippen LogP) is 2.51. The zero-order valence-corrected chi connectivity index (χ0v) is 19.7. The van der Waals surface area contributed by atoms with Gasteiger partial charge in [0.05, 0.1) is 11.2 Å². The molecule has 1 saturated heterocycles. The number of hydrogen-bond acceptors (Lipinski definition) is 5. The predicted molar refractivity (Wildman–Crippen MR) is 118 cm³/mol. The van der Waals surface area contributed by atoms with E-state index in [1.807, 2.05) is 52.0 Å². The van der Waals surface area contributed by atoms with Crippen molar-refractivity contribution in [2.45, 2.75) is 77.7 Å². The van der Waals surface area contributed by atoms with Gasteiger partial charge < -0.3 is 24.3 Å². The standard InChI is InChI=1S/C22H35BN2O5/c1-20(2,3)28-19(27)24-17(18(26)25(8)9)14-15-10-12-16(13-11-15)23-29-21(4,5)22(6,7)30-23/h10-13,17H,14H2,1-9H3,(H,24,27)/t17-/m0/s1. The third kappa shape index (κ3) is 5.98. The van der Waals surface area contributed by atoms with Gasteiger partial charge in [0.2, 0.25) is 5.91 Å². The molecule has 0 spiro atoms. The minimum atomic E-state index is -0.724. The Balaban J connectivity index is 2.11. The van der Waals surface area contributed by atoms with Crippen LogP contribution in [0, 0.1) is 0 Å². The number of likely N-dealkylation sites (N-methyl/N-ethyl adjacent to an activating group) is 1. The van der Waals surface area contributed by atoms with Crippen LogP contribution < -0.4 is 10.8 Å². The Hall–Kier alpha value is -2.06. The van der Waals surface area contributed by atoms with Gasteiger partial charge in [0.25, 0.3) is 0 Å². The highest BCUT2D eigenvalue weighted by Crippen LogP contribution is 2.36. The Kier molecular flexibility index (Phi) is 6.94. The van der Waals surface area contributed by atoms with Gasteiger partial charge in [-0.15, -0.1) is 0 Å². The molecule has 0 bridgehead atoms. The summed E-state index contributed by atoms with van der Waals surface area (Å²) in [4.78, 5) is 26.2. The van der Waals surface area contributed by atoms with Gasteiger partial charge in [-0.3, -0.25) is 4.79 Å². The summed E-state index contributed by atoms with van der Waals surface area (Å²) in [6.07, 6.45) is -0.267. The molecule has 1 fully saturated rings. The molecular weight excluding hydrogens is 383 g/mol. The summed E-state index contributed by atoms with van der Waals surface area (Å²) >= 11 is 0. The van der Waals surface area contributed by atoms with Crippen molar-refractivity contribution in [3.63, 3.8) is 0 Å². The van der Waals surface area contributed by atoms with Gasteiger partial charge in [-0.2, -0.15) is 0 Å². The lowest BCUT2D eigenvalue weighted by Crippen LogP contribution is -2.49. The van der Waals surface area contributed by atoms with Crippen LogP contribution in [0.4, 0.5) is 4.79 Å². The number of benzene rings is 1. The minimum Gasteiger partial charge on any atom is -0.444 e. The zero-order valence-electron chi connectivity index (χ0n) is 19.7. The number of carbonyl (C=O) groups excluding carboxylic acids is 2. The molecule has 1 atom stereocenters. The molecule has 0 aromatic heterocycles. The van der Waals surface area contributed by atoms with E-state index in [1.165, 1.54) is 4.90 Å². The number of hydrogen-bond donors (Lipinski definition) is 1. The van der Waals surface area contributed by atoms with E-state index in [0.29, 0.717) is 6.42 Å². The molecule has 1 aromatic carbocycles. The zero-order chi connectivity index (χ0) is 22.9. The van der Waals surface area contributed by atoms with Gasteiger partial charge in [0.15, 0.2) is 0 Å². The second kappa shape index (κ2) is 8.59. The van der Waals surface area contributed by atoms with Crippen molar-refractivity contribution in [1.29, 1.82) is 0 Å². The van der Waals surface area contributed by atoms with E-state index < -0.39 is 36.1 Å². The molecule has 166 valence electrons. The molecule has 7 nitrogen and oxygen atoms in total. The molecule has 8 heteroatoms. The molecule has 1 aliphatic rings. The molecule has 0 radical (unpaired) electrons. The molecule has 1 heterocycles. The number of ether oxygens (including phenoxy) is 1. The lowest BCUT2D eigenvalue weighted by atomic mass is 9.78. The van der Waals surface area contributed by atoms with Crippen LogP contribution in [-0.4, -0.2) is 61.0 Å². The molecular formula is C22H35BN2O5. The Morgan fingerprint density at radius 2 is 1.57 bits per heavy atom. The second-order valence-electron chi connectivity index (χ2n) is 9.97. The van der Waals surface area contributed by atoms with Crippen molar-refractivity contribution < 1.29 is 23.6 Å². The number of alkyl carbamates (subject to hydrolysis) is 1. The monoisotopic (exact) mass is 418 g/mol. The van der Waals surface area contributed by atoms with Crippen LogP contribution >= 0.6 is 0 Å². The summed E-state index contributed by atoms with van der Waals surface area (Å²) in [7, 11) is 2.88. The number of nitrogens with zero attached hydrogens (tertiary/aromatic N) is 1. The number of nitrogens with one attached hydrogen (secondary N) is 1. The highest BCUT2D eigenvalue weighted by molar-refractivity contribution is 6.62. The van der Waals surface area contributed by atoms with Crippen molar-refractivity contribution >= 4 is 24.6 Å². The smallest absolute Gasteiger partial charge is 0.444 e. The number of rotatable bonds is 5. The normalized spacial score (nSPS) is 18.6. The average Bonchev–Trinajstić information content (AvgIpc) is 2.80. The SMILES string of the molecule is CN(C)C(=O)[C@H](Cc1ccc(B2OC(C)(C)C(C)(C)O2)cc1)NC(=O)OC(C)(C)C. The van der Waals surface area contributed by atoms with Crippen LogP contribution in [0.3, 0.4) is 0 Å². The summed E-state index contributed by atoms with van der Waals surface area (Å²) in [5.74, 6) is -0.198. The fraction of sp³-hybridized carbons (Fsp3) is 0.636. The summed E-state index contributed by atoms with van der Waals surface area (Å²) in [5.41, 5.74) is 0.369. The van der Waals surface area contributed by atoms with E-state index in [-0.39, 0.29) is 5.91 Å². The van der Waals surface area contributed by atoms with Crippen LogP contribution in [0.15, 0.2) is 24.3 Å². The van der Waals surface area contributed by atoms with E-state index in [2.05, 4.69) is 5.32 Å². The van der Waals surface area contributed by atoms with Crippen molar-refractivity contribution in [2.75, 3.05) is 14.1 Å². The lowest BCUT2D eigenvalue weighted by molar-refractivity contribution is -0.130. The molecule has 2 rings (SSSR count). The van der Waals surface area contributed by atoms with E-state index >= 15 is 0 Å². The van der Waals surface area contributed by atoms with E-state index in [4.69, 9.17) is 14.0 Å². The van der Waals surface area contributed by atoms with Crippen molar-refractivity contribution in [2.24, 2.45) is 0 Å². The average molecular weight is 418 g/mol. The summed E-state index contributed by atoms with van der Waals surface area (Å²) < 4.78 is 17.5. The fourth-order valence-corrected chi connectivity index (χ4v) is 2.99. The fourth-order valence-electron chi connectivity index (χ4n) is 2.99. The van der Waals surface area contributed by atoms with Crippen LogP contribution in [0.25, 0.3) is 0 Å². The number of amides is 2. The first-order chi connectivity index (χ1) is 13.6. The molecule has 2 amide bonds. The van der Waals surface area contributed by atoms with Crippen LogP contribution in [0.2, 0.25) is 0 Å².